The van der Waals surface area contributed by atoms with Crippen molar-refractivity contribution in [1.29, 1.82) is 0 Å². The van der Waals surface area contributed by atoms with Gasteiger partial charge in [0.2, 0.25) is 0 Å². The van der Waals surface area contributed by atoms with Crippen molar-refractivity contribution in [1.82, 2.24) is 9.97 Å². The Kier molecular flexibility index (Phi) is 3.92. The largest absolute Gasteiger partial charge is 0.486 e. The third-order valence-electron chi connectivity index (χ3n) is 3.25. The average Bonchev–Trinajstić information content (AvgIpc) is 2.55. The van der Waals surface area contributed by atoms with Gasteiger partial charge < -0.3 is 4.74 Å². The Labute approximate surface area is 124 Å². The van der Waals surface area contributed by atoms with E-state index in [4.69, 9.17) is 4.74 Å². The van der Waals surface area contributed by atoms with Crippen molar-refractivity contribution in [2.45, 2.75) is 13.5 Å². The van der Waals surface area contributed by atoms with Crippen LogP contribution in [0.15, 0.2) is 67.0 Å². The summed E-state index contributed by atoms with van der Waals surface area (Å²) in [6.07, 6.45) is 3.57. The Morgan fingerprint density at radius 3 is 2.43 bits per heavy atom. The summed E-state index contributed by atoms with van der Waals surface area (Å²) < 4.78 is 6.01. The van der Waals surface area contributed by atoms with Crippen molar-refractivity contribution < 1.29 is 4.74 Å². The van der Waals surface area contributed by atoms with Crippen molar-refractivity contribution in [2.24, 2.45) is 0 Å². The smallest absolute Gasteiger partial charge is 0.150 e. The maximum atomic E-state index is 6.01. The molecule has 0 saturated heterocycles. The van der Waals surface area contributed by atoms with Crippen molar-refractivity contribution in [3.63, 3.8) is 0 Å². The molecule has 0 aliphatic heterocycles. The summed E-state index contributed by atoms with van der Waals surface area (Å²) in [5.74, 6) is 0.792. The highest BCUT2D eigenvalue weighted by atomic mass is 16.5. The van der Waals surface area contributed by atoms with E-state index in [2.05, 4.69) is 9.97 Å². The molecular weight excluding hydrogens is 260 g/mol. The number of aryl methyl sites for hydroxylation is 1. The molecule has 3 nitrogen and oxygen atoms in total. The first-order valence-corrected chi connectivity index (χ1v) is 6.88. The fourth-order valence-electron chi connectivity index (χ4n) is 2.19. The van der Waals surface area contributed by atoms with E-state index in [0.29, 0.717) is 6.61 Å². The Bertz CT molecular complexity index is 712. The number of ether oxygens (including phenoxy) is 1. The van der Waals surface area contributed by atoms with Crippen LogP contribution in [0.25, 0.3) is 11.3 Å². The minimum absolute atomic E-state index is 0.521. The summed E-state index contributed by atoms with van der Waals surface area (Å²) in [6, 6.07) is 17.9. The fourth-order valence-corrected chi connectivity index (χ4v) is 2.19. The van der Waals surface area contributed by atoms with E-state index in [9.17, 15) is 0 Å². The molecule has 0 N–H and O–H groups in total. The molecule has 0 atom stereocenters. The predicted molar refractivity (Wildman–Crippen MR) is 83.0 cm³/mol. The van der Waals surface area contributed by atoms with E-state index in [0.717, 1.165) is 28.3 Å². The molecule has 21 heavy (non-hydrogen) atoms. The number of hydrogen-bond donors (Lipinski definition) is 0. The fraction of sp³-hybridized carbons (Fsp3) is 0.111. The lowest BCUT2D eigenvalue weighted by Gasteiger charge is -2.13. The van der Waals surface area contributed by atoms with E-state index < -0.39 is 0 Å². The molecule has 3 rings (SSSR count). The number of pyridine rings is 2. The van der Waals surface area contributed by atoms with Gasteiger partial charge in [0.25, 0.3) is 0 Å². The van der Waals surface area contributed by atoms with Crippen LogP contribution in [-0.2, 0) is 6.61 Å². The maximum absolute atomic E-state index is 6.01. The Hall–Kier alpha value is -2.68. The lowest BCUT2D eigenvalue weighted by atomic mass is 10.1. The van der Waals surface area contributed by atoms with Gasteiger partial charge >= 0.3 is 0 Å². The van der Waals surface area contributed by atoms with E-state index in [-0.39, 0.29) is 0 Å². The second kappa shape index (κ2) is 6.18. The van der Waals surface area contributed by atoms with Crippen LogP contribution in [0.2, 0.25) is 0 Å². The number of aromatic nitrogens is 2. The lowest BCUT2D eigenvalue weighted by molar-refractivity contribution is 0.304. The van der Waals surface area contributed by atoms with Crippen molar-refractivity contribution in [3.8, 4) is 17.0 Å². The average molecular weight is 276 g/mol. The van der Waals surface area contributed by atoms with Gasteiger partial charge in [-0.2, -0.15) is 0 Å². The predicted octanol–water partition coefficient (Wildman–Crippen LogP) is 4.03. The molecule has 0 fully saturated rings. The minimum Gasteiger partial charge on any atom is -0.486 e. The maximum Gasteiger partial charge on any atom is 0.150 e. The lowest BCUT2D eigenvalue weighted by Crippen LogP contribution is -2.00. The summed E-state index contributed by atoms with van der Waals surface area (Å²) >= 11 is 0. The zero-order chi connectivity index (χ0) is 14.5. The van der Waals surface area contributed by atoms with Crippen LogP contribution in [0, 0.1) is 6.92 Å². The van der Waals surface area contributed by atoms with Gasteiger partial charge in [0.05, 0.1) is 11.4 Å². The Morgan fingerprint density at radius 1 is 0.857 bits per heavy atom. The Balaban J connectivity index is 1.91. The second-order valence-corrected chi connectivity index (χ2v) is 4.76. The molecule has 1 aromatic carbocycles. The number of rotatable bonds is 4. The summed E-state index contributed by atoms with van der Waals surface area (Å²) in [5, 5.41) is 0. The molecule has 2 aromatic heterocycles. The summed E-state index contributed by atoms with van der Waals surface area (Å²) in [5.41, 5.74) is 3.87. The molecule has 0 saturated carbocycles. The summed E-state index contributed by atoms with van der Waals surface area (Å²) in [4.78, 5) is 8.72. The van der Waals surface area contributed by atoms with Crippen LogP contribution in [0.5, 0.6) is 5.75 Å². The zero-order valence-corrected chi connectivity index (χ0v) is 11.9. The van der Waals surface area contributed by atoms with Gasteiger partial charge in [0.1, 0.15) is 12.4 Å². The van der Waals surface area contributed by atoms with E-state index in [1.165, 1.54) is 0 Å². The van der Waals surface area contributed by atoms with Gasteiger partial charge in [-0.25, -0.2) is 0 Å². The first-order chi connectivity index (χ1) is 10.3. The van der Waals surface area contributed by atoms with Gasteiger partial charge in [-0.15, -0.1) is 0 Å². The van der Waals surface area contributed by atoms with Crippen molar-refractivity contribution in [3.05, 3.63) is 78.2 Å². The monoisotopic (exact) mass is 276 g/mol. The van der Waals surface area contributed by atoms with Crippen LogP contribution in [0.1, 0.15) is 11.3 Å². The first kappa shape index (κ1) is 13.3. The molecule has 0 unspecified atom stereocenters. The van der Waals surface area contributed by atoms with E-state index >= 15 is 0 Å². The first-order valence-electron chi connectivity index (χ1n) is 6.88. The second-order valence-electron chi connectivity index (χ2n) is 4.76. The van der Waals surface area contributed by atoms with E-state index in [1.807, 2.05) is 61.5 Å². The highest BCUT2D eigenvalue weighted by Crippen LogP contribution is 2.30. The van der Waals surface area contributed by atoms with Crippen LogP contribution in [0.3, 0.4) is 0 Å². The highest BCUT2D eigenvalue weighted by Gasteiger charge is 2.11. The van der Waals surface area contributed by atoms with Crippen molar-refractivity contribution in [2.75, 3.05) is 0 Å². The third kappa shape index (κ3) is 3.08. The highest BCUT2D eigenvalue weighted by molar-refractivity contribution is 5.67. The summed E-state index contributed by atoms with van der Waals surface area (Å²) in [7, 11) is 0. The minimum atomic E-state index is 0.521. The molecule has 3 heteroatoms. The standard InChI is InChI=1S/C18H16N2O/c1-14-18(21-13-15-7-3-2-4-8-15)16(10-12-19-14)17-9-5-6-11-20-17/h2-12H,13H2,1H3. The number of nitrogens with zero attached hydrogens (tertiary/aromatic N) is 2. The molecule has 104 valence electrons. The summed E-state index contributed by atoms with van der Waals surface area (Å²) in [6.45, 7) is 2.47. The van der Waals surface area contributed by atoms with Crippen LogP contribution in [-0.4, -0.2) is 9.97 Å². The normalized spacial score (nSPS) is 10.3. The topological polar surface area (TPSA) is 35.0 Å². The van der Waals surface area contributed by atoms with Crippen LogP contribution < -0.4 is 4.74 Å². The molecule has 0 spiro atoms. The van der Waals surface area contributed by atoms with Gasteiger partial charge in [0.15, 0.2) is 0 Å². The quantitative estimate of drug-likeness (QED) is 0.721. The molecule has 0 aliphatic carbocycles. The molecule has 0 amide bonds. The third-order valence-corrected chi connectivity index (χ3v) is 3.25. The van der Waals surface area contributed by atoms with Crippen LogP contribution >= 0.6 is 0 Å². The van der Waals surface area contributed by atoms with Gasteiger partial charge in [0, 0.05) is 18.0 Å². The van der Waals surface area contributed by atoms with E-state index in [1.54, 1.807) is 12.4 Å². The molecule has 2 heterocycles. The van der Waals surface area contributed by atoms with Gasteiger partial charge in [-0.05, 0) is 30.7 Å². The Morgan fingerprint density at radius 2 is 1.67 bits per heavy atom. The molecule has 3 aromatic rings. The molecular formula is C18H16N2O. The number of benzene rings is 1. The van der Waals surface area contributed by atoms with Gasteiger partial charge in [-0.3, -0.25) is 9.97 Å². The van der Waals surface area contributed by atoms with Crippen molar-refractivity contribution >= 4 is 0 Å². The van der Waals surface area contributed by atoms with Gasteiger partial charge in [-0.1, -0.05) is 36.4 Å². The number of hydrogen-bond acceptors (Lipinski definition) is 3. The van der Waals surface area contributed by atoms with Crippen LogP contribution in [0.4, 0.5) is 0 Å². The molecule has 0 aliphatic rings. The molecule has 0 bridgehead atoms. The molecule has 0 radical (unpaired) electrons. The zero-order valence-electron chi connectivity index (χ0n) is 11.9. The SMILES string of the molecule is Cc1nccc(-c2ccccn2)c1OCc1ccccc1.